The van der Waals surface area contributed by atoms with Gasteiger partial charge in [0.25, 0.3) is 11.8 Å². The lowest BCUT2D eigenvalue weighted by Gasteiger charge is -2.13. The Morgan fingerprint density at radius 1 is 0.893 bits per heavy atom. The summed E-state index contributed by atoms with van der Waals surface area (Å²) >= 11 is 0. The van der Waals surface area contributed by atoms with Crippen molar-refractivity contribution in [3.05, 3.63) is 71.3 Å². The molecule has 0 aromatic heterocycles. The summed E-state index contributed by atoms with van der Waals surface area (Å²) in [5, 5.41) is 2.47. The number of hydrogen-bond acceptors (Lipinski definition) is 6. The SMILES string of the molecule is O=C(NCCOCCN1C(=O)c2ccccc2C1=O)OOCc1ccccc1. The highest BCUT2D eigenvalue weighted by molar-refractivity contribution is 6.21. The molecule has 0 bridgehead atoms. The maximum absolute atomic E-state index is 12.2. The van der Waals surface area contributed by atoms with E-state index in [1.807, 2.05) is 30.3 Å². The second-order valence-electron chi connectivity index (χ2n) is 5.97. The van der Waals surface area contributed by atoms with Gasteiger partial charge in [-0.25, -0.2) is 4.79 Å². The van der Waals surface area contributed by atoms with Gasteiger partial charge in [-0.2, -0.15) is 4.89 Å². The molecule has 0 spiro atoms. The topological polar surface area (TPSA) is 94.2 Å². The van der Waals surface area contributed by atoms with Crippen LogP contribution in [0.4, 0.5) is 4.79 Å². The molecule has 0 aliphatic carbocycles. The zero-order valence-electron chi connectivity index (χ0n) is 15.1. The summed E-state index contributed by atoms with van der Waals surface area (Å²) in [6.45, 7) is 0.890. The normalized spacial score (nSPS) is 12.8. The van der Waals surface area contributed by atoms with E-state index in [9.17, 15) is 14.4 Å². The minimum atomic E-state index is -0.722. The van der Waals surface area contributed by atoms with Gasteiger partial charge in [0.1, 0.15) is 6.61 Å². The highest BCUT2D eigenvalue weighted by Crippen LogP contribution is 2.21. The maximum Gasteiger partial charge on any atom is 0.438 e. The molecule has 8 nitrogen and oxygen atoms in total. The van der Waals surface area contributed by atoms with Crippen LogP contribution in [0, 0.1) is 0 Å². The van der Waals surface area contributed by atoms with E-state index in [0.717, 1.165) is 10.5 Å². The molecule has 146 valence electrons. The van der Waals surface area contributed by atoms with E-state index < -0.39 is 6.09 Å². The Bertz CT molecular complexity index is 805. The van der Waals surface area contributed by atoms with Crippen molar-refractivity contribution in [2.45, 2.75) is 6.61 Å². The molecule has 3 rings (SSSR count). The molecule has 1 aliphatic heterocycles. The number of fused-ring (bicyclic) bond motifs is 1. The molecule has 0 saturated heterocycles. The van der Waals surface area contributed by atoms with E-state index in [1.54, 1.807) is 24.3 Å². The monoisotopic (exact) mass is 384 g/mol. The first kappa shape index (κ1) is 19.5. The summed E-state index contributed by atoms with van der Waals surface area (Å²) in [7, 11) is 0. The number of imide groups is 1. The molecule has 28 heavy (non-hydrogen) atoms. The van der Waals surface area contributed by atoms with Crippen LogP contribution in [0.2, 0.25) is 0 Å². The number of carbonyl (C=O) groups is 3. The molecule has 0 radical (unpaired) electrons. The number of rotatable bonds is 9. The standard InChI is InChI=1S/C20H20N2O6/c23-18-16-8-4-5-9-17(16)19(24)22(18)11-13-26-12-10-21-20(25)28-27-14-15-6-2-1-3-7-15/h1-9H,10-14H2,(H,21,25). The second kappa shape index (κ2) is 9.63. The van der Waals surface area contributed by atoms with Crippen LogP contribution in [-0.4, -0.2) is 49.1 Å². The fraction of sp³-hybridized carbons (Fsp3) is 0.250. The molecule has 0 atom stereocenters. The summed E-state index contributed by atoms with van der Waals surface area (Å²) in [6.07, 6.45) is -0.722. The van der Waals surface area contributed by atoms with Crippen molar-refractivity contribution in [3.63, 3.8) is 0 Å². The zero-order valence-corrected chi connectivity index (χ0v) is 15.1. The van der Waals surface area contributed by atoms with Crippen LogP contribution in [0.25, 0.3) is 0 Å². The Labute approximate surface area is 161 Å². The Morgan fingerprint density at radius 2 is 1.54 bits per heavy atom. The van der Waals surface area contributed by atoms with E-state index in [1.165, 1.54) is 0 Å². The molecule has 3 amide bonds. The zero-order chi connectivity index (χ0) is 19.8. The molecule has 2 aromatic carbocycles. The molecule has 1 heterocycles. The van der Waals surface area contributed by atoms with Crippen molar-refractivity contribution in [3.8, 4) is 0 Å². The van der Waals surface area contributed by atoms with E-state index in [-0.39, 0.29) is 44.7 Å². The second-order valence-corrected chi connectivity index (χ2v) is 5.97. The van der Waals surface area contributed by atoms with Gasteiger partial charge in [-0.3, -0.25) is 19.4 Å². The van der Waals surface area contributed by atoms with Gasteiger partial charge in [-0.15, -0.1) is 0 Å². The third-order valence-electron chi connectivity index (χ3n) is 4.06. The number of carbonyl (C=O) groups excluding carboxylic acids is 3. The highest BCUT2D eigenvalue weighted by atomic mass is 17.2. The van der Waals surface area contributed by atoms with E-state index in [2.05, 4.69) is 10.2 Å². The van der Waals surface area contributed by atoms with Crippen LogP contribution in [-0.2, 0) is 21.1 Å². The van der Waals surface area contributed by atoms with Crippen molar-refractivity contribution in [1.82, 2.24) is 10.2 Å². The summed E-state index contributed by atoms with van der Waals surface area (Å²) in [4.78, 5) is 46.4. The van der Waals surface area contributed by atoms with Gasteiger partial charge in [0.15, 0.2) is 0 Å². The van der Waals surface area contributed by atoms with Gasteiger partial charge in [0, 0.05) is 6.54 Å². The Morgan fingerprint density at radius 3 is 2.21 bits per heavy atom. The van der Waals surface area contributed by atoms with Crippen molar-refractivity contribution in [2.75, 3.05) is 26.3 Å². The highest BCUT2D eigenvalue weighted by Gasteiger charge is 2.34. The van der Waals surface area contributed by atoms with E-state index >= 15 is 0 Å². The smallest absolute Gasteiger partial charge is 0.378 e. The third kappa shape index (κ3) is 4.93. The quantitative estimate of drug-likeness (QED) is 0.308. The molecule has 2 aromatic rings. The number of nitrogens with zero attached hydrogens (tertiary/aromatic N) is 1. The van der Waals surface area contributed by atoms with E-state index in [4.69, 9.17) is 9.62 Å². The average molecular weight is 384 g/mol. The van der Waals surface area contributed by atoms with E-state index in [0.29, 0.717) is 11.1 Å². The van der Waals surface area contributed by atoms with Crippen LogP contribution < -0.4 is 5.32 Å². The minimum Gasteiger partial charge on any atom is -0.378 e. The summed E-state index contributed by atoms with van der Waals surface area (Å²) in [5.41, 5.74) is 1.70. The van der Waals surface area contributed by atoms with Crippen molar-refractivity contribution in [1.29, 1.82) is 0 Å². The third-order valence-corrected chi connectivity index (χ3v) is 4.06. The molecular weight excluding hydrogens is 364 g/mol. The van der Waals surface area contributed by atoms with Gasteiger partial charge >= 0.3 is 6.09 Å². The van der Waals surface area contributed by atoms with Crippen LogP contribution in [0.3, 0.4) is 0 Å². The summed E-state index contributed by atoms with van der Waals surface area (Å²) in [6, 6.07) is 16.0. The Hall–Kier alpha value is -3.23. The van der Waals surface area contributed by atoms with Crippen molar-refractivity contribution < 1.29 is 28.9 Å². The Kier molecular flexibility index (Phi) is 6.72. The number of ether oxygens (including phenoxy) is 1. The average Bonchev–Trinajstić information content (AvgIpc) is 2.96. The predicted molar refractivity (Wildman–Crippen MR) is 98.3 cm³/mol. The number of hydrogen-bond donors (Lipinski definition) is 1. The number of nitrogens with one attached hydrogen (secondary N) is 1. The van der Waals surface area contributed by atoms with Gasteiger partial charge in [-0.1, -0.05) is 42.5 Å². The van der Waals surface area contributed by atoms with Crippen LogP contribution in [0.1, 0.15) is 26.3 Å². The van der Waals surface area contributed by atoms with Crippen LogP contribution in [0.5, 0.6) is 0 Å². The molecule has 0 unspecified atom stereocenters. The predicted octanol–water partition coefficient (Wildman–Crippen LogP) is 2.16. The lowest BCUT2D eigenvalue weighted by atomic mass is 10.1. The number of benzene rings is 2. The van der Waals surface area contributed by atoms with Crippen molar-refractivity contribution in [2.24, 2.45) is 0 Å². The Balaban J connectivity index is 1.26. The summed E-state index contributed by atoms with van der Waals surface area (Å²) in [5.74, 6) is -0.636. The van der Waals surface area contributed by atoms with Crippen LogP contribution in [0.15, 0.2) is 54.6 Å². The molecule has 0 fully saturated rings. The lowest BCUT2D eigenvalue weighted by Crippen LogP contribution is -2.34. The fourth-order valence-electron chi connectivity index (χ4n) is 2.68. The minimum absolute atomic E-state index is 0.150. The van der Waals surface area contributed by atoms with Gasteiger partial charge in [0.2, 0.25) is 0 Å². The van der Waals surface area contributed by atoms with Gasteiger partial charge < -0.3 is 10.1 Å². The first-order valence-corrected chi connectivity index (χ1v) is 8.81. The largest absolute Gasteiger partial charge is 0.438 e. The van der Waals surface area contributed by atoms with Crippen molar-refractivity contribution >= 4 is 17.9 Å². The first-order chi connectivity index (χ1) is 13.7. The van der Waals surface area contributed by atoms with Gasteiger partial charge in [0.05, 0.1) is 30.9 Å². The number of amides is 3. The molecular formula is C20H20N2O6. The lowest BCUT2D eigenvalue weighted by molar-refractivity contribution is -0.248. The van der Waals surface area contributed by atoms with Crippen LogP contribution >= 0.6 is 0 Å². The summed E-state index contributed by atoms with van der Waals surface area (Å²) < 4.78 is 5.36. The molecule has 1 aliphatic rings. The van der Waals surface area contributed by atoms with Gasteiger partial charge in [-0.05, 0) is 17.7 Å². The first-order valence-electron chi connectivity index (χ1n) is 8.81. The fourth-order valence-corrected chi connectivity index (χ4v) is 2.68. The maximum atomic E-state index is 12.2. The molecule has 8 heteroatoms. The molecule has 1 N–H and O–H groups in total. The molecule has 0 saturated carbocycles.